The molecule has 2 aliphatic rings. The number of nitrogens with one attached hydrogen (secondary N) is 1. The fraction of sp³-hybridized carbons (Fsp3) is 0.600. The first-order chi connectivity index (χ1) is 8.71. The lowest BCUT2D eigenvalue weighted by Crippen LogP contribution is -2.55. The molecule has 18 heavy (non-hydrogen) atoms. The van der Waals surface area contributed by atoms with Gasteiger partial charge in [-0.05, 0) is 37.8 Å². The minimum atomic E-state index is 0.190. The summed E-state index contributed by atoms with van der Waals surface area (Å²) in [5.74, 6) is 1.77. The molecule has 1 atom stereocenters. The summed E-state index contributed by atoms with van der Waals surface area (Å²) in [5, 5.41) is 3.62. The highest BCUT2D eigenvalue weighted by Gasteiger charge is 2.36. The standard InChI is InChI=1S/C15H20ClNO/c1-11-3-4-14-12(7-11)8-13(18-14)9-17-15(10-16)5-2-6-15/h3-4,7,13,17H,2,5-6,8-10H2,1H3. The quantitative estimate of drug-likeness (QED) is 0.845. The molecule has 0 bridgehead atoms. The molecule has 1 aliphatic carbocycles. The summed E-state index contributed by atoms with van der Waals surface area (Å²) in [7, 11) is 0. The Balaban J connectivity index is 1.58. The highest BCUT2D eigenvalue weighted by Crippen LogP contribution is 2.34. The van der Waals surface area contributed by atoms with Crippen LogP contribution in [0.15, 0.2) is 18.2 Å². The number of benzene rings is 1. The Kier molecular flexibility index (Phi) is 3.25. The second kappa shape index (κ2) is 4.75. The van der Waals surface area contributed by atoms with Crippen LogP contribution in [0.5, 0.6) is 5.75 Å². The lowest BCUT2D eigenvalue weighted by Gasteiger charge is -2.41. The molecule has 1 aromatic carbocycles. The number of ether oxygens (including phenoxy) is 1. The van der Waals surface area contributed by atoms with Crippen LogP contribution in [-0.4, -0.2) is 24.1 Å². The summed E-state index contributed by atoms with van der Waals surface area (Å²) in [4.78, 5) is 0. The van der Waals surface area contributed by atoms with Crippen LogP contribution in [0, 0.1) is 6.92 Å². The molecule has 0 radical (unpaired) electrons. The topological polar surface area (TPSA) is 21.3 Å². The zero-order valence-corrected chi connectivity index (χ0v) is 11.6. The first-order valence-electron chi connectivity index (χ1n) is 6.78. The van der Waals surface area contributed by atoms with E-state index in [0.29, 0.717) is 5.88 Å². The number of aryl methyl sites for hydroxylation is 1. The number of hydrogen-bond acceptors (Lipinski definition) is 2. The van der Waals surface area contributed by atoms with Gasteiger partial charge in [-0.25, -0.2) is 0 Å². The van der Waals surface area contributed by atoms with Crippen LogP contribution < -0.4 is 10.1 Å². The second-order valence-corrected chi connectivity index (χ2v) is 5.97. The van der Waals surface area contributed by atoms with Crippen molar-refractivity contribution in [1.82, 2.24) is 5.32 Å². The van der Waals surface area contributed by atoms with E-state index >= 15 is 0 Å². The number of halogens is 1. The molecule has 3 heteroatoms. The lowest BCUT2D eigenvalue weighted by atomic mass is 9.78. The Labute approximate surface area is 114 Å². The lowest BCUT2D eigenvalue weighted by molar-refractivity contribution is 0.163. The van der Waals surface area contributed by atoms with Gasteiger partial charge in [0.15, 0.2) is 0 Å². The summed E-state index contributed by atoms with van der Waals surface area (Å²) >= 11 is 6.05. The molecule has 0 aromatic heterocycles. The van der Waals surface area contributed by atoms with E-state index in [4.69, 9.17) is 16.3 Å². The van der Waals surface area contributed by atoms with Gasteiger partial charge in [-0.15, -0.1) is 11.6 Å². The van der Waals surface area contributed by atoms with Crippen LogP contribution in [0.25, 0.3) is 0 Å². The van der Waals surface area contributed by atoms with Crippen molar-refractivity contribution >= 4 is 11.6 Å². The van der Waals surface area contributed by atoms with E-state index in [2.05, 4.69) is 30.4 Å². The van der Waals surface area contributed by atoms with Crippen molar-refractivity contribution in [2.75, 3.05) is 12.4 Å². The van der Waals surface area contributed by atoms with Gasteiger partial charge in [0, 0.05) is 24.4 Å². The van der Waals surface area contributed by atoms with E-state index in [1.165, 1.54) is 30.4 Å². The van der Waals surface area contributed by atoms with E-state index in [-0.39, 0.29) is 11.6 Å². The molecule has 1 N–H and O–H groups in total. The average molecular weight is 266 g/mol. The van der Waals surface area contributed by atoms with Crippen LogP contribution in [0.2, 0.25) is 0 Å². The van der Waals surface area contributed by atoms with Gasteiger partial charge in [0.2, 0.25) is 0 Å². The first-order valence-corrected chi connectivity index (χ1v) is 7.31. The summed E-state index contributed by atoms with van der Waals surface area (Å²) in [6.07, 6.45) is 4.99. The van der Waals surface area contributed by atoms with Gasteiger partial charge in [0.25, 0.3) is 0 Å². The fourth-order valence-corrected chi connectivity index (χ4v) is 3.22. The summed E-state index contributed by atoms with van der Waals surface area (Å²) in [6, 6.07) is 6.43. The molecule has 1 aromatic rings. The summed E-state index contributed by atoms with van der Waals surface area (Å²) in [6.45, 7) is 3.03. The maximum atomic E-state index is 6.05. The van der Waals surface area contributed by atoms with Crippen LogP contribution in [0.4, 0.5) is 0 Å². The molecule has 2 nitrogen and oxygen atoms in total. The molecular formula is C15H20ClNO. The number of hydrogen-bond donors (Lipinski definition) is 1. The maximum Gasteiger partial charge on any atom is 0.123 e. The second-order valence-electron chi connectivity index (χ2n) is 5.70. The van der Waals surface area contributed by atoms with E-state index in [9.17, 15) is 0 Å². The molecule has 3 rings (SSSR count). The minimum Gasteiger partial charge on any atom is -0.488 e. The van der Waals surface area contributed by atoms with Crippen molar-refractivity contribution in [2.45, 2.75) is 44.2 Å². The van der Waals surface area contributed by atoms with Gasteiger partial charge in [-0.3, -0.25) is 0 Å². The summed E-state index contributed by atoms with van der Waals surface area (Å²) in [5.41, 5.74) is 2.84. The maximum absolute atomic E-state index is 6.05. The molecule has 0 saturated heterocycles. The molecule has 0 spiro atoms. The Hall–Kier alpha value is -0.730. The molecule has 1 heterocycles. The highest BCUT2D eigenvalue weighted by molar-refractivity contribution is 6.18. The molecule has 98 valence electrons. The van der Waals surface area contributed by atoms with Crippen molar-refractivity contribution in [3.05, 3.63) is 29.3 Å². The Bertz CT molecular complexity index is 437. The van der Waals surface area contributed by atoms with Crippen molar-refractivity contribution in [1.29, 1.82) is 0 Å². The first kappa shape index (κ1) is 12.3. The van der Waals surface area contributed by atoms with Gasteiger partial charge in [0.1, 0.15) is 11.9 Å². The molecule has 1 aliphatic heterocycles. The SMILES string of the molecule is Cc1ccc2c(c1)CC(CNC1(CCl)CCC1)O2. The van der Waals surface area contributed by atoms with Crippen LogP contribution in [-0.2, 0) is 6.42 Å². The van der Waals surface area contributed by atoms with Gasteiger partial charge in [-0.2, -0.15) is 0 Å². The van der Waals surface area contributed by atoms with Crippen molar-refractivity contribution < 1.29 is 4.74 Å². The minimum absolute atomic E-state index is 0.190. The van der Waals surface area contributed by atoms with E-state index < -0.39 is 0 Å². The van der Waals surface area contributed by atoms with Crippen LogP contribution in [0.3, 0.4) is 0 Å². The van der Waals surface area contributed by atoms with Crippen LogP contribution >= 0.6 is 11.6 Å². The zero-order chi connectivity index (χ0) is 12.6. The summed E-state index contributed by atoms with van der Waals surface area (Å²) < 4.78 is 5.96. The third-order valence-electron chi connectivity index (χ3n) is 4.23. The normalized spacial score (nSPS) is 24.2. The number of alkyl halides is 1. The third kappa shape index (κ3) is 2.24. The molecule has 0 amide bonds. The highest BCUT2D eigenvalue weighted by atomic mass is 35.5. The van der Waals surface area contributed by atoms with E-state index in [0.717, 1.165) is 18.7 Å². The van der Waals surface area contributed by atoms with Crippen molar-refractivity contribution in [3.8, 4) is 5.75 Å². The van der Waals surface area contributed by atoms with Crippen LogP contribution in [0.1, 0.15) is 30.4 Å². The molecular weight excluding hydrogens is 246 g/mol. The van der Waals surface area contributed by atoms with Crippen molar-refractivity contribution in [3.63, 3.8) is 0 Å². The number of rotatable bonds is 4. The Morgan fingerprint density at radius 2 is 2.28 bits per heavy atom. The Morgan fingerprint density at radius 1 is 1.44 bits per heavy atom. The van der Waals surface area contributed by atoms with Gasteiger partial charge >= 0.3 is 0 Å². The Morgan fingerprint density at radius 3 is 2.94 bits per heavy atom. The van der Waals surface area contributed by atoms with Crippen molar-refractivity contribution in [2.24, 2.45) is 0 Å². The van der Waals surface area contributed by atoms with Gasteiger partial charge < -0.3 is 10.1 Å². The number of fused-ring (bicyclic) bond motifs is 1. The monoisotopic (exact) mass is 265 g/mol. The molecule has 1 saturated carbocycles. The molecule has 1 unspecified atom stereocenters. The van der Waals surface area contributed by atoms with E-state index in [1.54, 1.807) is 0 Å². The third-order valence-corrected chi connectivity index (χ3v) is 4.74. The predicted octanol–water partition coefficient (Wildman–Crippen LogP) is 3.05. The zero-order valence-electron chi connectivity index (χ0n) is 10.8. The molecule has 1 fully saturated rings. The largest absolute Gasteiger partial charge is 0.488 e. The smallest absolute Gasteiger partial charge is 0.123 e. The predicted molar refractivity (Wildman–Crippen MR) is 74.6 cm³/mol. The average Bonchev–Trinajstić information content (AvgIpc) is 2.70. The fourth-order valence-electron chi connectivity index (χ4n) is 2.85. The van der Waals surface area contributed by atoms with Gasteiger partial charge in [0.05, 0.1) is 0 Å². The van der Waals surface area contributed by atoms with E-state index in [1.807, 2.05) is 0 Å². The van der Waals surface area contributed by atoms with Gasteiger partial charge in [-0.1, -0.05) is 17.7 Å².